The first-order valence-corrected chi connectivity index (χ1v) is 6.24. The van der Waals surface area contributed by atoms with Crippen LogP contribution in [0.2, 0.25) is 0 Å². The van der Waals surface area contributed by atoms with Crippen molar-refractivity contribution in [2.45, 2.75) is 12.5 Å². The summed E-state index contributed by atoms with van der Waals surface area (Å²) in [5, 5.41) is 2.92. The van der Waals surface area contributed by atoms with Gasteiger partial charge in [0.2, 0.25) is 0 Å². The third-order valence-corrected chi connectivity index (χ3v) is 3.22. The van der Waals surface area contributed by atoms with Gasteiger partial charge in [0.1, 0.15) is 11.6 Å². The van der Waals surface area contributed by atoms with Crippen molar-refractivity contribution in [1.82, 2.24) is 5.32 Å². The van der Waals surface area contributed by atoms with Crippen molar-refractivity contribution in [2.24, 2.45) is 0 Å². The number of benzene rings is 1. The zero-order valence-electron chi connectivity index (χ0n) is 9.71. The van der Waals surface area contributed by atoms with Crippen LogP contribution in [-0.2, 0) is 6.42 Å². The molecule has 0 saturated heterocycles. The summed E-state index contributed by atoms with van der Waals surface area (Å²) in [6.07, 6.45) is 3.57. The minimum absolute atomic E-state index is 0.0434. The van der Waals surface area contributed by atoms with Crippen LogP contribution in [0.1, 0.15) is 17.2 Å². The van der Waals surface area contributed by atoms with Crippen molar-refractivity contribution in [3.63, 3.8) is 0 Å². The van der Waals surface area contributed by atoms with E-state index in [9.17, 15) is 8.78 Å². The normalized spacial score (nSPS) is 12.7. The molecule has 5 heteroatoms. The minimum Gasteiger partial charge on any atom is -0.472 e. The number of nitrogens with one attached hydrogen (secondary N) is 1. The fraction of sp³-hybridized carbons (Fsp3) is 0.231. The van der Waals surface area contributed by atoms with Crippen LogP contribution in [0.5, 0.6) is 0 Å². The van der Waals surface area contributed by atoms with E-state index in [2.05, 4.69) is 21.2 Å². The Morgan fingerprint density at radius 3 is 2.50 bits per heavy atom. The van der Waals surface area contributed by atoms with E-state index < -0.39 is 17.7 Å². The third kappa shape index (κ3) is 2.79. The van der Waals surface area contributed by atoms with Crippen LogP contribution in [0.25, 0.3) is 0 Å². The lowest BCUT2D eigenvalue weighted by Gasteiger charge is -2.17. The van der Waals surface area contributed by atoms with Crippen LogP contribution in [-0.4, -0.2) is 7.05 Å². The molecule has 1 atom stereocenters. The molecule has 2 aromatic rings. The van der Waals surface area contributed by atoms with Crippen LogP contribution >= 0.6 is 15.9 Å². The molecule has 96 valence electrons. The summed E-state index contributed by atoms with van der Waals surface area (Å²) in [4.78, 5) is 0. The lowest BCUT2D eigenvalue weighted by atomic mass is 9.99. The van der Waals surface area contributed by atoms with E-state index >= 15 is 0 Å². The van der Waals surface area contributed by atoms with Crippen LogP contribution in [0.3, 0.4) is 0 Å². The Balaban J connectivity index is 2.33. The molecular weight excluding hydrogens is 304 g/mol. The van der Waals surface area contributed by atoms with Gasteiger partial charge in [0.25, 0.3) is 0 Å². The number of halogens is 3. The Morgan fingerprint density at radius 2 is 2.00 bits per heavy atom. The first kappa shape index (κ1) is 13.2. The molecule has 1 N–H and O–H groups in total. The second-order valence-corrected chi connectivity index (χ2v) is 4.88. The molecule has 0 bridgehead atoms. The van der Waals surface area contributed by atoms with E-state index in [4.69, 9.17) is 4.42 Å². The Kier molecular flexibility index (Phi) is 4.14. The lowest BCUT2D eigenvalue weighted by molar-refractivity contribution is 0.486. The minimum atomic E-state index is -0.565. The van der Waals surface area contributed by atoms with Gasteiger partial charge >= 0.3 is 0 Å². The largest absolute Gasteiger partial charge is 0.472 e. The van der Waals surface area contributed by atoms with E-state index in [1.165, 1.54) is 18.4 Å². The Morgan fingerprint density at radius 1 is 1.33 bits per heavy atom. The molecule has 0 aliphatic rings. The average Bonchev–Trinajstić information content (AvgIpc) is 2.79. The molecular formula is C13H12BrF2NO. The average molecular weight is 316 g/mol. The summed E-state index contributed by atoms with van der Waals surface area (Å²) in [5.41, 5.74) is 0.929. The molecule has 1 aromatic carbocycles. The van der Waals surface area contributed by atoms with Gasteiger partial charge in [-0.2, -0.15) is 0 Å². The molecule has 18 heavy (non-hydrogen) atoms. The number of furan rings is 1. The molecule has 0 aliphatic carbocycles. The van der Waals surface area contributed by atoms with Crippen molar-refractivity contribution in [3.05, 3.63) is 58.0 Å². The quantitative estimate of drug-likeness (QED) is 0.927. The van der Waals surface area contributed by atoms with Gasteiger partial charge in [0.05, 0.1) is 12.5 Å². The first-order chi connectivity index (χ1) is 8.61. The van der Waals surface area contributed by atoms with E-state index in [-0.39, 0.29) is 5.56 Å². The van der Waals surface area contributed by atoms with Gasteiger partial charge in [-0.1, -0.05) is 15.9 Å². The zero-order chi connectivity index (χ0) is 13.1. The van der Waals surface area contributed by atoms with Crippen LogP contribution in [0.15, 0.2) is 39.6 Å². The number of likely N-dealkylation sites (N-methyl/N-ethyl adjacent to an activating group) is 1. The lowest BCUT2D eigenvalue weighted by Crippen LogP contribution is -2.21. The predicted octanol–water partition coefficient (Wildman–Crippen LogP) is 3.82. The summed E-state index contributed by atoms with van der Waals surface area (Å²) in [6.45, 7) is 0. The van der Waals surface area contributed by atoms with Gasteiger partial charge in [-0.3, -0.25) is 0 Å². The van der Waals surface area contributed by atoms with Gasteiger partial charge in [0.15, 0.2) is 0 Å². The van der Waals surface area contributed by atoms with Crippen molar-refractivity contribution in [1.29, 1.82) is 0 Å². The molecule has 0 aliphatic heterocycles. The topological polar surface area (TPSA) is 25.2 Å². The molecule has 0 amide bonds. The molecule has 2 rings (SSSR count). The van der Waals surface area contributed by atoms with Crippen molar-refractivity contribution in [2.75, 3.05) is 7.05 Å². The van der Waals surface area contributed by atoms with Gasteiger partial charge in [0, 0.05) is 16.1 Å². The summed E-state index contributed by atoms with van der Waals surface area (Å²) < 4.78 is 33.0. The predicted molar refractivity (Wildman–Crippen MR) is 68.3 cm³/mol. The number of rotatable bonds is 4. The van der Waals surface area contributed by atoms with Crippen LogP contribution in [0.4, 0.5) is 8.78 Å². The Hall–Kier alpha value is -1.20. The highest BCUT2D eigenvalue weighted by Crippen LogP contribution is 2.27. The van der Waals surface area contributed by atoms with E-state index in [1.807, 2.05) is 0 Å². The first-order valence-electron chi connectivity index (χ1n) is 5.44. The maximum absolute atomic E-state index is 13.8. The van der Waals surface area contributed by atoms with Gasteiger partial charge in [-0.15, -0.1) is 0 Å². The molecule has 0 saturated carbocycles. The Bertz CT molecular complexity index is 505. The Labute approximate surface area is 112 Å². The van der Waals surface area contributed by atoms with E-state index in [0.717, 1.165) is 5.56 Å². The van der Waals surface area contributed by atoms with E-state index in [0.29, 0.717) is 10.9 Å². The summed E-state index contributed by atoms with van der Waals surface area (Å²) >= 11 is 3.06. The van der Waals surface area contributed by atoms with Gasteiger partial charge < -0.3 is 9.73 Å². The fourth-order valence-electron chi connectivity index (χ4n) is 1.88. The van der Waals surface area contributed by atoms with Crippen LogP contribution < -0.4 is 5.32 Å². The second kappa shape index (κ2) is 5.63. The van der Waals surface area contributed by atoms with Crippen molar-refractivity contribution in [3.8, 4) is 0 Å². The zero-order valence-corrected chi connectivity index (χ0v) is 11.3. The third-order valence-electron chi connectivity index (χ3n) is 2.76. The highest BCUT2D eigenvalue weighted by Gasteiger charge is 2.20. The van der Waals surface area contributed by atoms with E-state index in [1.54, 1.807) is 19.4 Å². The maximum atomic E-state index is 13.8. The molecule has 1 unspecified atom stereocenters. The molecule has 2 nitrogen and oxygen atoms in total. The smallest absolute Gasteiger partial charge is 0.132 e. The SMILES string of the molecule is CNC(Cc1ccoc1)c1c(F)cc(Br)cc1F. The van der Waals surface area contributed by atoms with Crippen LogP contribution in [0, 0.1) is 11.6 Å². The number of hydrogen-bond donors (Lipinski definition) is 1. The van der Waals surface area contributed by atoms with Crippen molar-refractivity contribution < 1.29 is 13.2 Å². The fourth-order valence-corrected chi connectivity index (χ4v) is 2.28. The standard InChI is InChI=1S/C13H12BrF2NO/c1-17-12(4-8-2-3-18-7-8)13-10(15)5-9(14)6-11(13)16/h2-3,5-7,12,17H,4H2,1H3. The molecule has 0 radical (unpaired) electrons. The molecule has 1 heterocycles. The molecule has 0 fully saturated rings. The molecule has 0 spiro atoms. The van der Waals surface area contributed by atoms with Crippen molar-refractivity contribution >= 4 is 15.9 Å². The maximum Gasteiger partial charge on any atom is 0.132 e. The number of hydrogen-bond acceptors (Lipinski definition) is 2. The highest BCUT2D eigenvalue weighted by molar-refractivity contribution is 9.10. The highest BCUT2D eigenvalue weighted by atomic mass is 79.9. The second-order valence-electron chi connectivity index (χ2n) is 3.96. The summed E-state index contributed by atoms with van der Waals surface area (Å²) in [7, 11) is 1.67. The summed E-state index contributed by atoms with van der Waals surface area (Å²) in [6, 6.07) is 3.87. The van der Waals surface area contributed by atoms with Gasteiger partial charge in [-0.05, 0) is 37.2 Å². The summed E-state index contributed by atoms with van der Waals surface area (Å²) in [5.74, 6) is -1.13. The monoisotopic (exact) mass is 315 g/mol. The van der Waals surface area contributed by atoms with Gasteiger partial charge in [-0.25, -0.2) is 8.78 Å². The molecule has 1 aromatic heterocycles.